The van der Waals surface area contributed by atoms with Gasteiger partial charge >= 0.3 is 0 Å². The molecule has 1 saturated heterocycles. The second-order valence-electron chi connectivity index (χ2n) is 6.87. The number of hydrogen-bond acceptors (Lipinski definition) is 3. The van der Waals surface area contributed by atoms with Gasteiger partial charge in [0.1, 0.15) is 0 Å². The average molecular weight is 317 g/mol. The Morgan fingerprint density at radius 1 is 1.30 bits per heavy atom. The highest BCUT2D eigenvalue weighted by Crippen LogP contribution is 2.25. The molecular formula is C19H31N3O. The first kappa shape index (κ1) is 17.8. The van der Waals surface area contributed by atoms with E-state index in [4.69, 9.17) is 0 Å². The van der Waals surface area contributed by atoms with Crippen molar-refractivity contribution in [3.8, 4) is 0 Å². The number of nitrogens with zero attached hydrogens (tertiary/aromatic N) is 2. The molecule has 1 atom stereocenters. The summed E-state index contributed by atoms with van der Waals surface area (Å²) < 4.78 is 0. The summed E-state index contributed by atoms with van der Waals surface area (Å²) in [6.07, 6.45) is 3.48. The molecule has 0 saturated carbocycles. The predicted molar refractivity (Wildman–Crippen MR) is 96.8 cm³/mol. The number of carbonyl (C=O) groups is 1. The summed E-state index contributed by atoms with van der Waals surface area (Å²) in [7, 11) is 4.18. The number of hydrogen-bond donors (Lipinski definition) is 1. The number of likely N-dealkylation sites (tertiary alicyclic amines) is 1. The Kier molecular flexibility index (Phi) is 6.46. The lowest BCUT2D eigenvalue weighted by Crippen LogP contribution is -2.37. The summed E-state index contributed by atoms with van der Waals surface area (Å²) in [5.74, 6) is 0.963. The first-order chi connectivity index (χ1) is 11.0. The fraction of sp³-hybridized carbons (Fsp3) is 0.632. The van der Waals surface area contributed by atoms with E-state index in [-0.39, 0.29) is 5.91 Å². The van der Waals surface area contributed by atoms with Crippen LogP contribution < -0.4 is 10.2 Å². The van der Waals surface area contributed by atoms with Gasteiger partial charge in [0.2, 0.25) is 5.91 Å². The van der Waals surface area contributed by atoms with Crippen LogP contribution in [0, 0.1) is 5.92 Å². The molecule has 2 rings (SSSR count). The van der Waals surface area contributed by atoms with E-state index in [0.717, 1.165) is 38.4 Å². The van der Waals surface area contributed by atoms with Crippen molar-refractivity contribution in [2.24, 2.45) is 5.92 Å². The zero-order valence-electron chi connectivity index (χ0n) is 15.0. The first-order valence-electron chi connectivity index (χ1n) is 8.74. The summed E-state index contributed by atoms with van der Waals surface area (Å²) in [5, 5.41) is 3.67. The zero-order valence-corrected chi connectivity index (χ0v) is 15.0. The van der Waals surface area contributed by atoms with Gasteiger partial charge in [-0.05, 0) is 50.3 Å². The number of piperidine rings is 1. The average Bonchev–Trinajstić information content (AvgIpc) is 2.55. The summed E-state index contributed by atoms with van der Waals surface area (Å²) in [6, 6.07) is 8.93. The molecule has 0 radical (unpaired) electrons. The van der Waals surface area contributed by atoms with Crippen molar-refractivity contribution in [1.29, 1.82) is 0 Å². The maximum Gasteiger partial charge on any atom is 0.219 e. The monoisotopic (exact) mass is 317 g/mol. The molecule has 1 N–H and O–H groups in total. The minimum absolute atomic E-state index is 0.218. The summed E-state index contributed by atoms with van der Waals surface area (Å²) in [5.41, 5.74) is 2.63. The van der Waals surface area contributed by atoms with Crippen molar-refractivity contribution >= 4 is 11.6 Å². The molecule has 0 spiro atoms. The van der Waals surface area contributed by atoms with Crippen LogP contribution in [0.3, 0.4) is 0 Å². The van der Waals surface area contributed by atoms with Gasteiger partial charge in [-0.2, -0.15) is 0 Å². The largest absolute Gasteiger partial charge is 0.377 e. The Morgan fingerprint density at radius 3 is 2.57 bits per heavy atom. The molecule has 128 valence electrons. The number of anilines is 1. The SMILES string of the molecule is CC(=O)N1CCC(CCNC(C)c2ccccc2N(C)C)CC1. The Morgan fingerprint density at radius 2 is 1.96 bits per heavy atom. The van der Waals surface area contributed by atoms with Crippen LogP contribution in [0.2, 0.25) is 0 Å². The fourth-order valence-electron chi connectivity index (χ4n) is 3.41. The molecule has 1 unspecified atom stereocenters. The van der Waals surface area contributed by atoms with E-state index >= 15 is 0 Å². The van der Waals surface area contributed by atoms with Crippen LogP contribution in [-0.2, 0) is 4.79 Å². The van der Waals surface area contributed by atoms with Gasteiger partial charge in [0, 0.05) is 45.8 Å². The molecule has 1 fully saturated rings. The summed E-state index contributed by atoms with van der Waals surface area (Å²) in [4.78, 5) is 15.5. The van der Waals surface area contributed by atoms with E-state index in [9.17, 15) is 4.79 Å². The van der Waals surface area contributed by atoms with Gasteiger partial charge in [0.15, 0.2) is 0 Å². The van der Waals surface area contributed by atoms with E-state index in [1.165, 1.54) is 17.7 Å². The number of carbonyl (C=O) groups excluding carboxylic acids is 1. The van der Waals surface area contributed by atoms with Gasteiger partial charge in [-0.15, -0.1) is 0 Å². The lowest BCUT2D eigenvalue weighted by atomic mass is 9.93. The highest BCUT2D eigenvalue weighted by Gasteiger charge is 2.20. The number of benzene rings is 1. The Hall–Kier alpha value is -1.55. The van der Waals surface area contributed by atoms with Crippen LogP contribution in [-0.4, -0.2) is 44.5 Å². The molecule has 1 aromatic rings. The van der Waals surface area contributed by atoms with Gasteiger partial charge < -0.3 is 15.1 Å². The second-order valence-corrected chi connectivity index (χ2v) is 6.87. The normalized spacial score (nSPS) is 17.1. The molecule has 0 aliphatic carbocycles. The molecule has 1 aromatic carbocycles. The van der Waals surface area contributed by atoms with Crippen molar-refractivity contribution in [3.05, 3.63) is 29.8 Å². The predicted octanol–water partition coefficient (Wildman–Crippen LogP) is 3.05. The van der Waals surface area contributed by atoms with Crippen LogP contribution in [0.5, 0.6) is 0 Å². The van der Waals surface area contributed by atoms with Gasteiger partial charge in [-0.1, -0.05) is 18.2 Å². The molecule has 1 aliphatic heterocycles. The quantitative estimate of drug-likeness (QED) is 0.876. The minimum Gasteiger partial charge on any atom is -0.377 e. The van der Waals surface area contributed by atoms with Crippen LogP contribution >= 0.6 is 0 Å². The van der Waals surface area contributed by atoms with Crippen molar-refractivity contribution in [1.82, 2.24) is 10.2 Å². The van der Waals surface area contributed by atoms with E-state index in [1.807, 2.05) is 4.90 Å². The zero-order chi connectivity index (χ0) is 16.8. The number of nitrogens with one attached hydrogen (secondary N) is 1. The van der Waals surface area contributed by atoms with Gasteiger partial charge in [-0.3, -0.25) is 4.79 Å². The maximum atomic E-state index is 11.4. The smallest absolute Gasteiger partial charge is 0.219 e. The van der Waals surface area contributed by atoms with Gasteiger partial charge in [0.25, 0.3) is 0 Å². The van der Waals surface area contributed by atoms with E-state index in [0.29, 0.717) is 6.04 Å². The first-order valence-corrected chi connectivity index (χ1v) is 8.74. The standard InChI is InChI=1S/C19H31N3O/c1-15(18-7-5-6-8-19(18)21(3)4)20-12-9-17-10-13-22(14-11-17)16(2)23/h5-8,15,17,20H,9-14H2,1-4H3. The third kappa shape index (κ3) is 4.96. The fourth-order valence-corrected chi connectivity index (χ4v) is 3.41. The molecule has 1 aliphatic rings. The van der Waals surface area contributed by atoms with Crippen LogP contribution in [0.1, 0.15) is 44.7 Å². The highest BCUT2D eigenvalue weighted by molar-refractivity contribution is 5.73. The Labute approximate surface area is 140 Å². The van der Waals surface area contributed by atoms with Crippen molar-refractivity contribution in [2.75, 3.05) is 38.6 Å². The second kappa shape index (κ2) is 8.34. The maximum absolute atomic E-state index is 11.4. The van der Waals surface area contributed by atoms with E-state index in [2.05, 4.69) is 55.5 Å². The minimum atomic E-state index is 0.218. The van der Waals surface area contributed by atoms with Gasteiger partial charge in [-0.25, -0.2) is 0 Å². The van der Waals surface area contributed by atoms with Gasteiger partial charge in [0.05, 0.1) is 0 Å². The molecule has 1 heterocycles. The third-order valence-corrected chi connectivity index (χ3v) is 4.95. The molecule has 0 bridgehead atoms. The Bertz CT molecular complexity index is 507. The molecule has 4 heteroatoms. The highest BCUT2D eigenvalue weighted by atomic mass is 16.2. The van der Waals surface area contributed by atoms with Crippen molar-refractivity contribution in [2.45, 2.75) is 39.2 Å². The molecule has 0 aromatic heterocycles. The van der Waals surface area contributed by atoms with Crippen LogP contribution in [0.25, 0.3) is 0 Å². The molecule has 23 heavy (non-hydrogen) atoms. The molecule has 4 nitrogen and oxygen atoms in total. The number of amides is 1. The lowest BCUT2D eigenvalue weighted by molar-refractivity contribution is -0.130. The Balaban J connectivity index is 1.78. The summed E-state index contributed by atoms with van der Waals surface area (Å²) in [6.45, 7) is 6.80. The van der Waals surface area contributed by atoms with Crippen LogP contribution in [0.4, 0.5) is 5.69 Å². The van der Waals surface area contributed by atoms with E-state index in [1.54, 1.807) is 6.92 Å². The topological polar surface area (TPSA) is 35.6 Å². The molecule has 1 amide bonds. The molecular weight excluding hydrogens is 286 g/mol. The number of para-hydroxylation sites is 1. The van der Waals surface area contributed by atoms with Crippen molar-refractivity contribution < 1.29 is 4.79 Å². The van der Waals surface area contributed by atoms with E-state index < -0.39 is 0 Å². The summed E-state index contributed by atoms with van der Waals surface area (Å²) >= 11 is 0. The third-order valence-electron chi connectivity index (χ3n) is 4.95. The van der Waals surface area contributed by atoms with Crippen molar-refractivity contribution in [3.63, 3.8) is 0 Å². The lowest BCUT2D eigenvalue weighted by Gasteiger charge is -2.31. The number of rotatable bonds is 6. The van der Waals surface area contributed by atoms with Crippen LogP contribution in [0.15, 0.2) is 24.3 Å².